The molecule has 1 aliphatic heterocycles. The molecule has 1 heterocycles. The molecule has 0 aliphatic carbocycles. The lowest BCUT2D eigenvalue weighted by atomic mass is 9.92. The normalized spacial score (nSPS) is 23.8. The molecule has 0 amide bonds. The number of alkyl halides is 3. The van der Waals surface area contributed by atoms with E-state index >= 15 is 0 Å². The molecule has 14 heavy (non-hydrogen) atoms. The molecule has 0 atom stereocenters. The highest BCUT2D eigenvalue weighted by atomic mass is 79.9. The molecule has 0 saturated carbocycles. The average Bonchev–Trinajstić information content (AvgIpc) is 2.08. The van der Waals surface area contributed by atoms with Gasteiger partial charge < -0.3 is 10.0 Å². The van der Waals surface area contributed by atoms with Crippen LogP contribution in [0.15, 0.2) is 0 Å². The maximum absolute atomic E-state index is 13.0. The Bertz CT molecular complexity index is 188. The minimum absolute atomic E-state index is 0.130. The summed E-state index contributed by atoms with van der Waals surface area (Å²) >= 11 is 2.25. The second-order valence-corrected chi connectivity index (χ2v) is 4.87. The summed E-state index contributed by atoms with van der Waals surface area (Å²) in [6.07, 6.45) is 1.28. The zero-order valence-corrected chi connectivity index (χ0v) is 9.86. The monoisotopic (exact) mass is 271 g/mol. The van der Waals surface area contributed by atoms with Crippen LogP contribution >= 0.6 is 15.9 Å². The molecule has 5 heteroatoms. The third kappa shape index (κ3) is 2.64. The summed E-state index contributed by atoms with van der Waals surface area (Å²) in [5, 5.41) is 9.67. The van der Waals surface area contributed by atoms with Crippen LogP contribution in [0.1, 0.15) is 26.2 Å². The van der Waals surface area contributed by atoms with Crippen LogP contribution in [-0.2, 0) is 0 Å². The van der Waals surface area contributed by atoms with Crippen LogP contribution < -0.4 is 0 Å². The van der Waals surface area contributed by atoms with Gasteiger partial charge in [-0.1, -0.05) is 6.92 Å². The Labute approximate surface area is 91.4 Å². The first-order valence-corrected chi connectivity index (χ1v) is 5.70. The number of rotatable bonds is 3. The van der Waals surface area contributed by atoms with Gasteiger partial charge >= 0.3 is 4.83 Å². The lowest BCUT2D eigenvalue weighted by Crippen LogP contribution is -2.52. The first-order valence-electron chi connectivity index (χ1n) is 4.90. The van der Waals surface area contributed by atoms with Crippen LogP contribution in [0.5, 0.6) is 0 Å². The number of hydrogen-bond donors (Lipinski definition) is 1. The van der Waals surface area contributed by atoms with Crippen molar-refractivity contribution in [2.24, 2.45) is 0 Å². The number of halogens is 3. The molecule has 2 nitrogen and oxygen atoms in total. The zero-order valence-electron chi connectivity index (χ0n) is 8.27. The van der Waals surface area contributed by atoms with E-state index in [1.807, 2.05) is 0 Å². The van der Waals surface area contributed by atoms with Crippen LogP contribution in [0.2, 0.25) is 0 Å². The Morgan fingerprint density at radius 3 is 2.29 bits per heavy atom. The molecule has 1 N–H and O–H groups in total. The summed E-state index contributed by atoms with van der Waals surface area (Å²) in [5.74, 6) is 0. The third-order valence-corrected chi connectivity index (χ3v) is 3.49. The van der Waals surface area contributed by atoms with Gasteiger partial charge in [0.1, 0.15) is 5.60 Å². The van der Waals surface area contributed by atoms with Gasteiger partial charge in [0.15, 0.2) is 0 Å². The highest BCUT2D eigenvalue weighted by Gasteiger charge is 2.51. The molecular weight excluding hydrogens is 256 g/mol. The minimum atomic E-state index is -3.17. The van der Waals surface area contributed by atoms with Gasteiger partial charge in [0.05, 0.1) is 0 Å². The van der Waals surface area contributed by atoms with Gasteiger partial charge in [-0.05, 0) is 41.7 Å². The molecule has 0 spiro atoms. The summed E-state index contributed by atoms with van der Waals surface area (Å²) < 4.78 is 25.9. The van der Waals surface area contributed by atoms with Crippen molar-refractivity contribution in [3.05, 3.63) is 0 Å². The van der Waals surface area contributed by atoms with Crippen molar-refractivity contribution in [1.82, 2.24) is 4.90 Å². The Balaban J connectivity index is 2.49. The van der Waals surface area contributed by atoms with Gasteiger partial charge in [0.2, 0.25) is 0 Å². The van der Waals surface area contributed by atoms with Crippen molar-refractivity contribution in [3.63, 3.8) is 0 Å². The topological polar surface area (TPSA) is 23.5 Å². The molecule has 1 fully saturated rings. The van der Waals surface area contributed by atoms with Crippen molar-refractivity contribution < 1.29 is 13.9 Å². The van der Waals surface area contributed by atoms with E-state index in [0.29, 0.717) is 13.1 Å². The molecule has 0 aromatic carbocycles. The minimum Gasteiger partial charge on any atom is -0.383 e. The Hall–Kier alpha value is 0.260. The predicted molar refractivity (Wildman–Crippen MR) is 54.8 cm³/mol. The van der Waals surface area contributed by atoms with E-state index in [2.05, 4.69) is 27.8 Å². The first-order chi connectivity index (χ1) is 6.39. The summed E-state index contributed by atoms with van der Waals surface area (Å²) in [7, 11) is 0. The van der Waals surface area contributed by atoms with Crippen LogP contribution in [0, 0.1) is 0 Å². The quantitative estimate of drug-likeness (QED) is 0.796. The number of piperidine rings is 1. The van der Waals surface area contributed by atoms with E-state index in [9.17, 15) is 13.9 Å². The largest absolute Gasteiger partial charge is 0.383 e. The van der Waals surface area contributed by atoms with Gasteiger partial charge in [0, 0.05) is 13.1 Å². The number of likely N-dealkylation sites (tertiary alicyclic amines) is 1. The van der Waals surface area contributed by atoms with Crippen molar-refractivity contribution in [1.29, 1.82) is 0 Å². The number of aliphatic hydroxyl groups is 1. The fourth-order valence-electron chi connectivity index (χ4n) is 1.75. The van der Waals surface area contributed by atoms with Crippen molar-refractivity contribution in [2.75, 3.05) is 19.6 Å². The molecule has 0 unspecified atom stereocenters. The maximum atomic E-state index is 13.0. The zero-order chi connectivity index (χ0) is 10.8. The fourth-order valence-corrected chi connectivity index (χ4v) is 2.14. The summed E-state index contributed by atoms with van der Waals surface area (Å²) in [4.78, 5) is -1.06. The highest BCUT2D eigenvalue weighted by Crippen LogP contribution is 2.41. The molecule has 1 saturated heterocycles. The lowest BCUT2D eigenvalue weighted by Gasteiger charge is -2.40. The Morgan fingerprint density at radius 2 is 1.93 bits per heavy atom. The van der Waals surface area contributed by atoms with Crippen molar-refractivity contribution in [2.45, 2.75) is 36.6 Å². The van der Waals surface area contributed by atoms with Gasteiger partial charge in [-0.2, -0.15) is 8.78 Å². The Morgan fingerprint density at radius 1 is 1.43 bits per heavy atom. The van der Waals surface area contributed by atoms with Crippen LogP contribution in [-0.4, -0.2) is 40.1 Å². The third-order valence-electron chi connectivity index (χ3n) is 2.75. The number of nitrogens with zero attached hydrogens (tertiary/aromatic N) is 1. The van der Waals surface area contributed by atoms with E-state index in [1.165, 1.54) is 0 Å². The number of hydrogen-bond acceptors (Lipinski definition) is 2. The molecule has 1 aliphatic rings. The first kappa shape index (κ1) is 12.3. The second kappa shape index (κ2) is 4.41. The molecule has 0 aromatic rings. The standard InChI is InChI=1S/C9H16BrF2NO/c1-2-5-13-6-3-8(14,4-7-13)9(10,11)12/h14H,2-7H2,1H3. The average molecular weight is 272 g/mol. The second-order valence-electron chi connectivity index (χ2n) is 3.87. The smallest absolute Gasteiger partial charge is 0.329 e. The molecule has 0 aromatic heterocycles. The predicted octanol–water partition coefficient (Wildman–Crippen LogP) is 2.21. The van der Waals surface area contributed by atoms with E-state index in [-0.39, 0.29) is 12.8 Å². The molecule has 0 radical (unpaired) electrons. The van der Waals surface area contributed by atoms with E-state index < -0.39 is 10.4 Å². The highest BCUT2D eigenvalue weighted by molar-refractivity contribution is 9.10. The van der Waals surface area contributed by atoms with E-state index in [4.69, 9.17) is 0 Å². The van der Waals surface area contributed by atoms with Gasteiger partial charge in [-0.3, -0.25) is 0 Å². The van der Waals surface area contributed by atoms with E-state index in [0.717, 1.165) is 13.0 Å². The maximum Gasteiger partial charge on any atom is 0.329 e. The summed E-state index contributed by atoms with van der Waals surface area (Å²) in [6.45, 7) is 4.07. The van der Waals surface area contributed by atoms with Crippen molar-refractivity contribution in [3.8, 4) is 0 Å². The van der Waals surface area contributed by atoms with E-state index in [1.54, 1.807) is 0 Å². The molecular formula is C9H16BrF2NO. The van der Waals surface area contributed by atoms with Crippen molar-refractivity contribution >= 4 is 15.9 Å². The Kier molecular flexibility index (Phi) is 3.88. The van der Waals surface area contributed by atoms with Crippen LogP contribution in [0.3, 0.4) is 0 Å². The van der Waals surface area contributed by atoms with Gasteiger partial charge in [-0.15, -0.1) is 0 Å². The summed E-state index contributed by atoms with van der Waals surface area (Å²) in [5.41, 5.74) is -1.86. The van der Waals surface area contributed by atoms with Crippen LogP contribution in [0.4, 0.5) is 8.78 Å². The van der Waals surface area contributed by atoms with Gasteiger partial charge in [0.25, 0.3) is 0 Å². The molecule has 84 valence electrons. The SMILES string of the molecule is CCCN1CCC(O)(C(F)(F)Br)CC1. The van der Waals surface area contributed by atoms with Crippen LogP contribution in [0.25, 0.3) is 0 Å². The van der Waals surface area contributed by atoms with Gasteiger partial charge in [-0.25, -0.2) is 0 Å². The molecule has 0 bridgehead atoms. The fraction of sp³-hybridized carbons (Fsp3) is 1.00. The molecule has 1 rings (SSSR count). The summed E-state index contributed by atoms with van der Waals surface area (Å²) in [6, 6.07) is 0. The lowest BCUT2D eigenvalue weighted by molar-refractivity contribution is -0.143.